The van der Waals surface area contributed by atoms with Crippen LogP contribution in [0.4, 0.5) is 4.79 Å². The lowest BCUT2D eigenvalue weighted by atomic mass is 10.1. The van der Waals surface area contributed by atoms with E-state index in [1.807, 2.05) is 31.2 Å². The highest BCUT2D eigenvalue weighted by molar-refractivity contribution is 9.10. The fourth-order valence-electron chi connectivity index (χ4n) is 2.60. The predicted molar refractivity (Wildman–Crippen MR) is 109 cm³/mol. The molecular formula is C19H15BrCl2N2O3. The SMILES string of the molecule is CCOc1c(Cl)cc(/C=C2\NC(=O)N(Cc3ccc(Br)cc3)C2=O)cc1Cl. The Morgan fingerprint density at radius 1 is 1.15 bits per heavy atom. The summed E-state index contributed by atoms with van der Waals surface area (Å²) < 4.78 is 6.31. The van der Waals surface area contributed by atoms with Gasteiger partial charge in [0.25, 0.3) is 5.91 Å². The number of rotatable bonds is 5. The van der Waals surface area contributed by atoms with Crippen LogP contribution in [0.25, 0.3) is 6.08 Å². The average Bonchev–Trinajstić information content (AvgIpc) is 2.87. The molecule has 0 aromatic heterocycles. The highest BCUT2D eigenvalue weighted by atomic mass is 79.9. The molecule has 0 spiro atoms. The molecule has 27 heavy (non-hydrogen) atoms. The number of nitrogens with one attached hydrogen (secondary N) is 1. The van der Waals surface area contributed by atoms with Crippen LogP contribution >= 0.6 is 39.1 Å². The van der Waals surface area contributed by atoms with E-state index in [1.165, 1.54) is 6.08 Å². The number of ether oxygens (including phenoxy) is 1. The molecule has 8 heteroatoms. The molecule has 2 aromatic carbocycles. The van der Waals surface area contributed by atoms with E-state index in [0.717, 1.165) is 14.9 Å². The average molecular weight is 470 g/mol. The number of imide groups is 1. The van der Waals surface area contributed by atoms with E-state index in [2.05, 4.69) is 21.2 Å². The van der Waals surface area contributed by atoms with E-state index in [1.54, 1.807) is 12.1 Å². The summed E-state index contributed by atoms with van der Waals surface area (Å²) in [5.74, 6) is -0.0225. The van der Waals surface area contributed by atoms with E-state index in [4.69, 9.17) is 27.9 Å². The highest BCUT2D eigenvalue weighted by Gasteiger charge is 2.33. The van der Waals surface area contributed by atoms with Gasteiger partial charge in [-0.25, -0.2) is 4.79 Å². The molecule has 0 saturated carbocycles. The van der Waals surface area contributed by atoms with E-state index >= 15 is 0 Å². The molecule has 3 rings (SSSR count). The molecule has 1 heterocycles. The van der Waals surface area contributed by atoms with Crippen molar-refractivity contribution >= 4 is 57.1 Å². The Bertz CT molecular complexity index is 906. The van der Waals surface area contributed by atoms with E-state index < -0.39 is 11.9 Å². The second kappa shape index (κ2) is 8.33. The summed E-state index contributed by atoms with van der Waals surface area (Å²) in [6.45, 7) is 2.44. The monoisotopic (exact) mass is 468 g/mol. The summed E-state index contributed by atoms with van der Waals surface area (Å²) in [5, 5.41) is 3.25. The maximum Gasteiger partial charge on any atom is 0.329 e. The highest BCUT2D eigenvalue weighted by Crippen LogP contribution is 2.35. The van der Waals surface area contributed by atoms with Crippen LogP contribution < -0.4 is 10.1 Å². The van der Waals surface area contributed by atoms with E-state index in [-0.39, 0.29) is 12.2 Å². The largest absolute Gasteiger partial charge is 0.491 e. The number of halogens is 3. The molecule has 3 amide bonds. The van der Waals surface area contributed by atoms with Gasteiger partial charge in [0.15, 0.2) is 5.75 Å². The lowest BCUT2D eigenvalue weighted by Crippen LogP contribution is -2.30. The van der Waals surface area contributed by atoms with Crippen molar-refractivity contribution < 1.29 is 14.3 Å². The van der Waals surface area contributed by atoms with Gasteiger partial charge >= 0.3 is 6.03 Å². The molecule has 1 fully saturated rings. The molecule has 0 aliphatic carbocycles. The summed E-state index contributed by atoms with van der Waals surface area (Å²) in [7, 11) is 0. The molecule has 140 valence electrons. The van der Waals surface area contributed by atoms with Gasteiger partial charge in [0.05, 0.1) is 23.2 Å². The van der Waals surface area contributed by atoms with Crippen molar-refractivity contribution in [2.24, 2.45) is 0 Å². The molecule has 0 unspecified atom stereocenters. The first-order valence-corrected chi connectivity index (χ1v) is 9.64. The zero-order valence-electron chi connectivity index (χ0n) is 14.3. The van der Waals surface area contributed by atoms with Gasteiger partial charge in [-0.15, -0.1) is 0 Å². The third-order valence-electron chi connectivity index (χ3n) is 3.84. The number of benzene rings is 2. The van der Waals surface area contributed by atoms with Crippen LogP contribution in [-0.2, 0) is 11.3 Å². The summed E-state index contributed by atoms with van der Waals surface area (Å²) >= 11 is 15.7. The van der Waals surface area contributed by atoms with Crippen molar-refractivity contribution in [3.05, 3.63) is 67.7 Å². The van der Waals surface area contributed by atoms with Crippen molar-refractivity contribution in [1.82, 2.24) is 10.2 Å². The second-order valence-electron chi connectivity index (χ2n) is 5.75. The molecule has 2 aromatic rings. The zero-order valence-corrected chi connectivity index (χ0v) is 17.4. The van der Waals surface area contributed by atoms with E-state index in [0.29, 0.717) is 28.0 Å². The Balaban J connectivity index is 1.82. The number of urea groups is 1. The molecule has 5 nitrogen and oxygen atoms in total. The first-order valence-electron chi connectivity index (χ1n) is 8.10. The molecule has 1 N–H and O–H groups in total. The third kappa shape index (κ3) is 4.46. The van der Waals surface area contributed by atoms with Gasteiger partial charge in [-0.1, -0.05) is 51.3 Å². The Morgan fingerprint density at radius 3 is 2.37 bits per heavy atom. The maximum absolute atomic E-state index is 12.6. The van der Waals surface area contributed by atoms with Gasteiger partial charge in [0.2, 0.25) is 0 Å². The van der Waals surface area contributed by atoms with Crippen LogP contribution in [0.5, 0.6) is 5.75 Å². The van der Waals surface area contributed by atoms with Crippen LogP contribution in [-0.4, -0.2) is 23.4 Å². The van der Waals surface area contributed by atoms with Gasteiger partial charge in [-0.05, 0) is 48.4 Å². The molecule has 1 saturated heterocycles. The maximum atomic E-state index is 12.6. The standard InChI is InChI=1S/C19H15BrCl2N2O3/c1-2-27-17-14(21)7-12(8-15(17)22)9-16-18(25)24(19(26)23-16)10-11-3-5-13(20)6-4-11/h3-9H,2,10H2,1H3,(H,23,26)/b16-9-. The Labute approximate surface area is 175 Å². The summed E-state index contributed by atoms with van der Waals surface area (Å²) in [5.41, 5.74) is 1.59. The fourth-order valence-corrected chi connectivity index (χ4v) is 3.48. The normalized spacial score (nSPS) is 15.4. The first-order chi connectivity index (χ1) is 12.9. The smallest absolute Gasteiger partial charge is 0.329 e. The Hall–Kier alpha value is -2.02. The number of amides is 3. The van der Waals surface area contributed by atoms with Crippen molar-refractivity contribution in [3.8, 4) is 5.75 Å². The van der Waals surface area contributed by atoms with Crippen molar-refractivity contribution in [2.75, 3.05) is 6.61 Å². The van der Waals surface area contributed by atoms with E-state index in [9.17, 15) is 9.59 Å². The minimum absolute atomic E-state index is 0.161. The molecule has 1 aliphatic rings. The second-order valence-corrected chi connectivity index (χ2v) is 7.48. The predicted octanol–water partition coefficient (Wildman–Crippen LogP) is 5.25. The summed E-state index contributed by atoms with van der Waals surface area (Å²) in [6, 6.07) is 10.2. The first kappa shape index (κ1) is 19.7. The molecular weight excluding hydrogens is 455 g/mol. The lowest BCUT2D eigenvalue weighted by molar-refractivity contribution is -0.123. The van der Waals surface area contributed by atoms with Crippen LogP contribution in [0.15, 0.2) is 46.6 Å². The fraction of sp³-hybridized carbons (Fsp3) is 0.158. The van der Waals surface area contributed by atoms with Crippen LogP contribution in [0.2, 0.25) is 10.0 Å². The van der Waals surface area contributed by atoms with Gasteiger partial charge in [0.1, 0.15) is 5.70 Å². The number of nitrogens with zero attached hydrogens (tertiary/aromatic N) is 1. The number of hydrogen-bond donors (Lipinski definition) is 1. The van der Waals surface area contributed by atoms with Gasteiger partial charge < -0.3 is 10.1 Å². The van der Waals surface area contributed by atoms with Gasteiger partial charge in [-0.2, -0.15) is 0 Å². The van der Waals surface area contributed by atoms with Crippen molar-refractivity contribution in [1.29, 1.82) is 0 Å². The minimum atomic E-state index is -0.475. The van der Waals surface area contributed by atoms with Crippen molar-refractivity contribution in [3.63, 3.8) is 0 Å². The van der Waals surface area contributed by atoms with Crippen LogP contribution in [0.1, 0.15) is 18.1 Å². The topological polar surface area (TPSA) is 58.6 Å². The summed E-state index contributed by atoms with van der Waals surface area (Å²) in [6.07, 6.45) is 1.54. The summed E-state index contributed by atoms with van der Waals surface area (Å²) in [4.78, 5) is 26.0. The number of carbonyl (C=O) groups is 2. The Morgan fingerprint density at radius 2 is 1.78 bits per heavy atom. The molecule has 0 bridgehead atoms. The van der Waals surface area contributed by atoms with Crippen molar-refractivity contribution in [2.45, 2.75) is 13.5 Å². The minimum Gasteiger partial charge on any atom is -0.491 e. The van der Waals surface area contributed by atoms with Crippen LogP contribution in [0, 0.1) is 0 Å². The molecule has 1 aliphatic heterocycles. The number of carbonyl (C=O) groups excluding carboxylic acids is 2. The quantitative estimate of drug-likeness (QED) is 0.480. The molecule has 0 atom stereocenters. The molecule has 0 radical (unpaired) electrons. The number of hydrogen-bond acceptors (Lipinski definition) is 3. The van der Waals surface area contributed by atoms with Gasteiger partial charge in [-0.3, -0.25) is 9.69 Å². The Kier molecular flexibility index (Phi) is 6.09. The van der Waals surface area contributed by atoms with Gasteiger partial charge in [0, 0.05) is 4.47 Å². The lowest BCUT2D eigenvalue weighted by Gasteiger charge is -2.11. The van der Waals surface area contributed by atoms with Crippen LogP contribution in [0.3, 0.4) is 0 Å². The zero-order chi connectivity index (χ0) is 19.6. The third-order valence-corrected chi connectivity index (χ3v) is 4.93.